The largest absolute Gasteiger partial charge is 0.492 e. The number of nitrogens with one attached hydrogen (secondary N) is 1. The van der Waals surface area contributed by atoms with Crippen LogP contribution in [0.2, 0.25) is 5.02 Å². The topological polar surface area (TPSA) is 50.7 Å². The minimum atomic E-state index is -0.0502. The van der Waals surface area contributed by atoms with Gasteiger partial charge < -0.3 is 4.74 Å². The van der Waals surface area contributed by atoms with E-state index in [2.05, 4.69) is 10.5 Å². The fraction of sp³-hybridized carbons (Fsp3) is 0.333. The molecule has 17 heavy (non-hydrogen) atoms. The highest BCUT2D eigenvalue weighted by Gasteiger charge is 2.14. The first-order valence-corrected chi connectivity index (χ1v) is 5.86. The van der Waals surface area contributed by atoms with Crippen molar-refractivity contribution in [3.63, 3.8) is 0 Å². The van der Waals surface area contributed by atoms with Crippen LogP contribution in [0.4, 0.5) is 0 Å². The molecular weight excluding hydrogens is 240 g/mol. The minimum absolute atomic E-state index is 0.0502. The lowest BCUT2D eigenvalue weighted by molar-refractivity contribution is -0.121. The van der Waals surface area contributed by atoms with Gasteiger partial charge in [-0.2, -0.15) is 5.10 Å². The predicted molar refractivity (Wildman–Crippen MR) is 66.5 cm³/mol. The van der Waals surface area contributed by atoms with E-state index in [1.165, 1.54) is 0 Å². The molecule has 1 amide bonds. The van der Waals surface area contributed by atoms with Gasteiger partial charge in [0.2, 0.25) is 5.91 Å². The Kier molecular flexibility index (Phi) is 3.64. The number of nitrogens with zero attached hydrogens (tertiary/aromatic N) is 1. The maximum absolute atomic E-state index is 11.0. The van der Waals surface area contributed by atoms with Gasteiger partial charge in [-0.1, -0.05) is 11.6 Å². The van der Waals surface area contributed by atoms with Crippen LogP contribution >= 0.6 is 11.6 Å². The molecule has 0 saturated carbocycles. The summed E-state index contributed by atoms with van der Waals surface area (Å²) in [6.07, 6.45) is 1.10. The molecule has 0 unspecified atom stereocenters. The Morgan fingerprint density at radius 3 is 2.88 bits per heavy atom. The number of carbonyl (C=O) groups excluding carboxylic acids is 1. The first kappa shape index (κ1) is 11.9. The van der Waals surface area contributed by atoms with Crippen LogP contribution in [0.15, 0.2) is 23.3 Å². The highest BCUT2D eigenvalue weighted by atomic mass is 35.5. The number of hydrogen-bond acceptors (Lipinski definition) is 3. The molecule has 0 saturated heterocycles. The van der Waals surface area contributed by atoms with Crippen molar-refractivity contribution in [2.24, 2.45) is 5.10 Å². The molecule has 0 aromatic heterocycles. The first-order valence-electron chi connectivity index (χ1n) is 5.49. The molecule has 0 radical (unpaired) electrons. The van der Waals surface area contributed by atoms with Gasteiger partial charge in [-0.3, -0.25) is 4.79 Å². The van der Waals surface area contributed by atoms with Crippen molar-refractivity contribution in [1.29, 1.82) is 0 Å². The van der Waals surface area contributed by atoms with Crippen molar-refractivity contribution >= 4 is 23.2 Å². The van der Waals surface area contributed by atoms with Crippen LogP contribution in [0.3, 0.4) is 0 Å². The third-order valence-electron chi connectivity index (χ3n) is 2.47. The van der Waals surface area contributed by atoms with Crippen molar-refractivity contribution in [2.75, 3.05) is 6.61 Å². The van der Waals surface area contributed by atoms with Crippen LogP contribution in [0.5, 0.6) is 5.75 Å². The number of halogens is 1. The molecule has 0 aliphatic carbocycles. The monoisotopic (exact) mass is 252 g/mol. The van der Waals surface area contributed by atoms with Gasteiger partial charge in [-0.15, -0.1) is 0 Å². The van der Waals surface area contributed by atoms with Crippen LogP contribution < -0.4 is 10.2 Å². The molecule has 0 bridgehead atoms. The van der Waals surface area contributed by atoms with Crippen LogP contribution in [0.1, 0.15) is 25.3 Å². The highest BCUT2D eigenvalue weighted by Crippen LogP contribution is 2.26. The molecular formula is C12H13ClN2O2. The summed E-state index contributed by atoms with van der Waals surface area (Å²) in [5, 5.41) is 4.57. The van der Waals surface area contributed by atoms with E-state index in [0.717, 1.165) is 11.3 Å². The summed E-state index contributed by atoms with van der Waals surface area (Å²) >= 11 is 6.09. The first-order chi connectivity index (χ1) is 8.20. The van der Waals surface area contributed by atoms with Gasteiger partial charge >= 0.3 is 0 Å². The molecule has 90 valence electrons. The zero-order valence-electron chi connectivity index (χ0n) is 9.50. The second-order valence-corrected chi connectivity index (χ2v) is 4.08. The lowest BCUT2D eigenvalue weighted by Gasteiger charge is -2.13. The zero-order valence-corrected chi connectivity index (χ0v) is 10.3. The van der Waals surface area contributed by atoms with E-state index in [1.807, 2.05) is 25.1 Å². The molecule has 1 N–H and O–H groups in total. The summed E-state index contributed by atoms with van der Waals surface area (Å²) in [5.74, 6) is 0.615. The van der Waals surface area contributed by atoms with E-state index in [1.54, 1.807) is 0 Å². The van der Waals surface area contributed by atoms with E-state index in [0.29, 0.717) is 30.2 Å². The van der Waals surface area contributed by atoms with Gasteiger partial charge in [-0.25, -0.2) is 5.43 Å². The highest BCUT2D eigenvalue weighted by molar-refractivity contribution is 6.32. The Morgan fingerprint density at radius 2 is 2.29 bits per heavy atom. The van der Waals surface area contributed by atoms with Crippen LogP contribution in [0, 0.1) is 0 Å². The van der Waals surface area contributed by atoms with Gasteiger partial charge in [0.15, 0.2) is 0 Å². The van der Waals surface area contributed by atoms with Gasteiger partial charge in [0, 0.05) is 12.8 Å². The van der Waals surface area contributed by atoms with Crippen molar-refractivity contribution in [3.05, 3.63) is 28.8 Å². The van der Waals surface area contributed by atoms with Crippen molar-refractivity contribution in [3.8, 4) is 5.75 Å². The fourth-order valence-electron chi connectivity index (χ4n) is 1.64. The Balaban J connectivity index is 2.22. The van der Waals surface area contributed by atoms with E-state index in [-0.39, 0.29) is 5.91 Å². The average Bonchev–Trinajstić information content (AvgIpc) is 2.33. The number of carbonyl (C=O) groups is 1. The number of ether oxygens (including phenoxy) is 1. The number of rotatable bonds is 3. The van der Waals surface area contributed by atoms with Gasteiger partial charge in [0.1, 0.15) is 5.75 Å². The minimum Gasteiger partial charge on any atom is -0.492 e. The maximum atomic E-state index is 11.0. The molecule has 1 aliphatic rings. The third-order valence-corrected chi connectivity index (χ3v) is 2.76. The molecule has 4 nitrogen and oxygen atoms in total. The standard InChI is InChI=1S/C12H13ClN2O2/c1-2-17-11-5-3-8(7-9(11)13)10-4-6-12(16)15-14-10/h3,5,7H,2,4,6H2,1H3,(H,15,16). The summed E-state index contributed by atoms with van der Waals surface area (Å²) < 4.78 is 5.35. The summed E-state index contributed by atoms with van der Waals surface area (Å²) in [6, 6.07) is 5.52. The van der Waals surface area contributed by atoms with Crippen LogP contribution in [0.25, 0.3) is 0 Å². The average molecular weight is 253 g/mol. The second kappa shape index (κ2) is 5.19. The molecule has 0 atom stereocenters. The molecule has 2 rings (SSSR count). The van der Waals surface area contributed by atoms with Gasteiger partial charge in [0.05, 0.1) is 17.3 Å². The van der Waals surface area contributed by atoms with Crippen LogP contribution in [-0.4, -0.2) is 18.2 Å². The fourth-order valence-corrected chi connectivity index (χ4v) is 1.87. The maximum Gasteiger partial charge on any atom is 0.240 e. The van der Waals surface area contributed by atoms with Crippen LogP contribution in [-0.2, 0) is 4.79 Å². The normalized spacial score (nSPS) is 15.2. The third kappa shape index (κ3) is 2.77. The Hall–Kier alpha value is -1.55. The van der Waals surface area contributed by atoms with E-state index < -0.39 is 0 Å². The molecule has 1 heterocycles. The second-order valence-electron chi connectivity index (χ2n) is 3.67. The Labute approximate surface area is 105 Å². The van der Waals surface area contributed by atoms with Gasteiger partial charge in [0.25, 0.3) is 0 Å². The molecule has 1 aromatic carbocycles. The molecule has 5 heteroatoms. The van der Waals surface area contributed by atoms with E-state index in [9.17, 15) is 4.79 Å². The SMILES string of the molecule is CCOc1ccc(C2=NNC(=O)CC2)cc1Cl. The predicted octanol–water partition coefficient (Wildman–Crippen LogP) is 2.35. The van der Waals surface area contributed by atoms with Gasteiger partial charge in [-0.05, 0) is 30.7 Å². The Morgan fingerprint density at radius 1 is 1.47 bits per heavy atom. The Bertz CT molecular complexity index is 472. The molecule has 1 aliphatic heterocycles. The summed E-state index contributed by atoms with van der Waals surface area (Å²) in [6.45, 7) is 2.49. The number of hydrogen-bond donors (Lipinski definition) is 1. The van der Waals surface area contributed by atoms with E-state index >= 15 is 0 Å². The summed E-state index contributed by atoms with van der Waals surface area (Å²) in [5.41, 5.74) is 4.22. The smallest absolute Gasteiger partial charge is 0.240 e. The van der Waals surface area contributed by atoms with Crippen molar-refractivity contribution in [1.82, 2.24) is 5.43 Å². The summed E-state index contributed by atoms with van der Waals surface area (Å²) in [7, 11) is 0. The van der Waals surface area contributed by atoms with Crippen molar-refractivity contribution in [2.45, 2.75) is 19.8 Å². The van der Waals surface area contributed by atoms with Crippen molar-refractivity contribution < 1.29 is 9.53 Å². The molecule has 0 spiro atoms. The molecule has 1 aromatic rings. The number of amides is 1. The lowest BCUT2D eigenvalue weighted by Crippen LogP contribution is -2.25. The lowest BCUT2D eigenvalue weighted by atomic mass is 10.0. The molecule has 0 fully saturated rings. The number of benzene rings is 1. The van der Waals surface area contributed by atoms with E-state index in [4.69, 9.17) is 16.3 Å². The number of hydrazone groups is 1. The quantitative estimate of drug-likeness (QED) is 0.898. The zero-order chi connectivity index (χ0) is 12.3. The summed E-state index contributed by atoms with van der Waals surface area (Å²) in [4.78, 5) is 11.0.